The smallest absolute Gasteiger partial charge is 0.0791 e. The predicted octanol–water partition coefficient (Wildman–Crippen LogP) is -0.324. The van der Waals surface area contributed by atoms with Gasteiger partial charge in [0.25, 0.3) is 0 Å². The number of hydrogen-bond acceptors (Lipinski definition) is 5. The van der Waals surface area contributed by atoms with Crippen LogP contribution in [-0.2, 0) is 4.74 Å². The SMILES string of the molecule is CCN(CC)CC(O)CNC(CCO)COC. The van der Waals surface area contributed by atoms with Crippen LogP contribution in [0.1, 0.15) is 20.3 Å². The third-order valence-corrected chi connectivity index (χ3v) is 2.85. The first-order chi connectivity index (χ1) is 8.17. The lowest BCUT2D eigenvalue weighted by Gasteiger charge is -2.24. The fourth-order valence-electron chi connectivity index (χ4n) is 1.75. The zero-order chi connectivity index (χ0) is 13.1. The van der Waals surface area contributed by atoms with Gasteiger partial charge >= 0.3 is 0 Å². The molecule has 0 spiro atoms. The number of hydrogen-bond donors (Lipinski definition) is 3. The third-order valence-electron chi connectivity index (χ3n) is 2.85. The Labute approximate surface area is 105 Å². The Bertz CT molecular complexity index is 160. The molecule has 0 aliphatic heterocycles. The zero-order valence-corrected chi connectivity index (χ0v) is 11.4. The zero-order valence-electron chi connectivity index (χ0n) is 11.4. The number of aliphatic hydroxyl groups is 2. The molecule has 0 radical (unpaired) electrons. The van der Waals surface area contributed by atoms with E-state index in [1.54, 1.807) is 7.11 Å². The molecular formula is C12H28N2O3. The van der Waals surface area contributed by atoms with Crippen molar-refractivity contribution in [3.05, 3.63) is 0 Å². The Hall–Kier alpha value is -0.200. The van der Waals surface area contributed by atoms with E-state index in [0.29, 0.717) is 26.1 Å². The first-order valence-electron chi connectivity index (χ1n) is 6.41. The lowest BCUT2D eigenvalue weighted by molar-refractivity contribution is 0.0999. The highest BCUT2D eigenvalue weighted by Crippen LogP contribution is 1.95. The monoisotopic (exact) mass is 248 g/mol. The minimum absolute atomic E-state index is 0.108. The highest BCUT2D eigenvalue weighted by atomic mass is 16.5. The molecule has 2 unspecified atom stereocenters. The van der Waals surface area contributed by atoms with Crippen LogP contribution in [0.5, 0.6) is 0 Å². The summed E-state index contributed by atoms with van der Waals surface area (Å²) in [4.78, 5) is 2.18. The van der Waals surface area contributed by atoms with E-state index < -0.39 is 0 Å². The molecule has 17 heavy (non-hydrogen) atoms. The second-order valence-electron chi connectivity index (χ2n) is 4.21. The fraction of sp³-hybridized carbons (Fsp3) is 1.00. The van der Waals surface area contributed by atoms with Crippen molar-refractivity contribution in [1.82, 2.24) is 10.2 Å². The largest absolute Gasteiger partial charge is 0.396 e. The molecule has 0 aromatic carbocycles. The predicted molar refractivity (Wildman–Crippen MR) is 69.2 cm³/mol. The molecule has 104 valence electrons. The molecule has 5 nitrogen and oxygen atoms in total. The number of ether oxygens (including phenoxy) is 1. The van der Waals surface area contributed by atoms with E-state index in [4.69, 9.17) is 9.84 Å². The van der Waals surface area contributed by atoms with Gasteiger partial charge in [-0.3, -0.25) is 0 Å². The van der Waals surface area contributed by atoms with Gasteiger partial charge < -0.3 is 25.2 Å². The Kier molecular flexibility index (Phi) is 10.8. The van der Waals surface area contributed by atoms with E-state index >= 15 is 0 Å². The van der Waals surface area contributed by atoms with E-state index in [0.717, 1.165) is 13.1 Å². The molecule has 0 saturated heterocycles. The van der Waals surface area contributed by atoms with Gasteiger partial charge in [-0.15, -0.1) is 0 Å². The molecule has 5 heteroatoms. The standard InChI is InChI=1S/C12H28N2O3/c1-4-14(5-2)9-12(16)8-13-11(6-7-15)10-17-3/h11-13,15-16H,4-10H2,1-3H3. The summed E-state index contributed by atoms with van der Waals surface area (Å²) in [7, 11) is 1.64. The van der Waals surface area contributed by atoms with Gasteiger partial charge in [-0.25, -0.2) is 0 Å². The van der Waals surface area contributed by atoms with Crippen molar-refractivity contribution < 1.29 is 14.9 Å². The Morgan fingerprint density at radius 2 is 1.94 bits per heavy atom. The maximum absolute atomic E-state index is 9.86. The van der Waals surface area contributed by atoms with Gasteiger partial charge in [0.1, 0.15) is 0 Å². The van der Waals surface area contributed by atoms with Crippen LogP contribution in [0.25, 0.3) is 0 Å². The van der Waals surface area contributed by atoms with Gasteiger partial charge in [-0.05, 0) is 19.5 Å². The topological polar surface area (TPSA) is 65.0 Å². The van der Waals surface area contributed by atoms with Crippen LogP contribution in [-0.4, -0.2) is 73.8 Å². The van der Waals surface area contributed by atoms with Crippen LogP contribution in [0, 0.1) is 0 Å². The number of rotatable bonds is 11. The minimum Gasteiger partial charge on any atom is -0.396 e. The van der Waals surface area contributed by atoms with Gasteiger partial charge in [0.05, 0.1) is 12.7 Å². The van der Waals surface area contributed by atoms with Crippen molar-refractivity contribution in [2.24, 2.45) is 0 Å². The summed E-state index contributed by atoms with van der Waals surface area (Å²) in [5, 5.41) is 22.0. The van der Waals surface area contributed by atoms with Crippen molar-refractivity contribution in [3.8, 4) is 0 Å². The van der Waals surface area contributed by atoms with Crippen molar-refractivity contribution in [1.29, 1.82) is 0 Å². The van der Waals surface area contributed by atoms with E-state index in [1.807, 2.05) is 0 Å². The van der Waals surface area contributed by atoms with Crippen LogP contribution in [0.2, 0.25) is 0 Å². The van der Waals surface area contributed by atoms with Crippen LogP contribution in [0.3, 0.4) is 0 Å². The number of likely N-dealkylation sites (N-methyl/N-ethyl adjacent to an activating group) is 1. The van der Waals surface area contributed by atoms with Crippen molar-refractivity contribution in [2.75, 3.05) is 46.5 Å². The molecule has 0 bridgehead atoms. The number of methoxy groups -OCH3 is 1. The summed E-state index contributed by atoms with van der Waals surface area (Å²) in [5.41, 5.74) is 0. The average molecular weight is 248 g/mol. The Morgan fingerprint density at radius 1 is 1.29 bits per heavy atom. The van der Waals surface area contributed by atoms with Gasteiger partial charge in [-0.1, -0.05) is 13.8 Å². The average Bonchev–Trinajstić information content (AvgIpc) is 2.33. The second kappa shape index (κ2) is 10.9. The molecule has 0 rings (SSSR count). The molecule has 0 aliphatic carbocycles. The summed E-state index contributed by atoms with van der Waals surface area (Å²) in [5.74, 6) is 0. The van der Waals surface area contributed by atoms with Crippen LogP contribution in [0.15, 0.2) is 0 Å². The normalized spacial score (nSPS) is 15.2. The van der Waals surface area contributed by atoms with Gasteiger partial charge in [0, 0.05) is 32.8 Å². The van der Waals surface area contributed by atoms with Gasteiger partial charge in [0.15, 0.2) is 0 Å². The highest BCUT2D eigenvalue weighted by molar-refractivity contribution is 4.71. The molecule has 0 fully saturated rings. The summed E-state index contributed by atoms with van der Waals surface area (Å²) in [6, 6.07) is 0.108. The lowest BCUT2D eigenvalue weighted by Crippen LogP contribution is -2.43. The highest BCUT2D eigenvalue weighted by Gasteiger charge is 2.12. The maximum atomic E-state index is 9.86. The quantitative estimate of drug-likeness (QED) is 0.467. The van der Waals surface area contributed by atoms with Crippen molar-refractivity contribution in [2.45, 2.75) is 32.4 Å². The first-order valence-corrected chi connectivity index (χ1v) is 6.41. The molecule has 0 aromatic heterocycles. The lowest BCUT2D eigenvalue weighted by atomic mass is 10.2. The molecule has 0 heterocycles. The van der Waals surface area contributed by atoms with E-state index in [-0.39, 0.29) is 18.8 Å². The molecule has 0 amide bonds. The Balaban J connectivity index is 3.81. The molecule has 0 saturated carbocycles. The molecular weight excluding hydrogens is 220 g/mol. The number of nitrogens with one attached hydrogen (secondary N) is 1. The molecule has 2 atom stereocenters. The summed E-state index contributed by atoms with van der Waals surface area (Å²) in [6.45, 7) is 7.97. The maximum Gasteiger partial charge on any atom is 0.0791 e. The molecule has 0 aliphatic rings. The van der Waals surface area contributed by atoms with Crippen molar-refractivity contribution in [3.63, 3.8) is 0 Å². The van der Waals surface area contributed by atoms with Crippen LogP contribution in [0.4, 0.5) is 0 Å². The summed E-state index contributed by atoms with van der Waals surface area (Å²) < 4.78 is 5.05. The molecule has 0 aromatic rings. The number of nitrogens with zero attached hydrogens (tertiary/aromatic N) is 1. The third kappa shape index (κ3) is 8.51. The fourth-order valence-corrected chi connectivity index (χ4v) is 1.75. The van der Waals surface area contributed by atoms with Crippen LogP contribution >= 0.6 is 0 Å². The van der Waals surface area contributed by atoms with E-state index in [9.17, 15) is 5.11 Å². The Morgan fingerprint density at radius 3 is 2.41 bits per heavy atom. The number of aliphatic hydroxyl groups excluding tert-OH is 2. The first kappa shape index (κ1) is 16.8. The van der Waals surface area contributed by atoms with Crippen LogP contribution < -0.4 is 5.32 Å². The van der Waals surface area contributed by atoms with Gasteiger partial charge in [-0.2, -0.15) is 0 Å². The summed E-state index contributed by atoms with van der Waals surface area (Å²) >= 11 is 0. The second-order valence-corrected chi connectivity index (χ2v) is 4.21. The molecule has 3 N–H and O–H groups in total. The minimum atomic E-state index is -0.382. The summed E-state index contributed by atoms with van der Waals surface area (Å²) in [6.07, 6.45) is 0.263. The van der Waals surface area contributed by atoms with Crippen molar-refractivity contribution >= 4 is 0 Å². The van der Waals surface area contributed by atoms with Gasteiger partial charge in [0.2, 0.25) is 0 Å². The van der Waals surface area contributed by atoms with E-state index in [2.05, 4.69) is 24.1 Å². The van der Waals surface area contributed by atoms with E-state index in [1.165, 1.54) is 0 Å².